The number of halogens is 3. The molecule has 2 unspecified atom stereocenters. The summed E-state index contributed by atoms with van der Waals surface area (Å²) in [4.78, 5) is 0. The molecule has 1 N–H and O–H groups in total. The lowest BCUT2D eigenvalue weighted by molar-refractivity contribution is 0.484. The molecule has 0 saturated heterocycles. The number of terminal acetylenes is 1. The van der Waals surface area contributed by atoms with Crippen LogP contribution in [-0.2, 0) is 0 Å². The maximum atomic E-state index is 13.4. The summed E-state index contributed by atoms with van der Waals surface area (Å²) >= 11 is 11.7. The molecule has 1 aromatic rings. The first-order valence-electron chi connectivity index (χ1n) is 5.29. The van der Waals surface area contributed by atoms with Gasteiger partial charge in [0.05, 0.1) is 5.02 Å². The molecule has 0 amide bonds. The number of hydrogen-bond acceptors (Lipinski definition) is 1. The van der Waals surface area contributed by atoms with E-state index in [2.05, 4.69) is 11.2 Å². The smallest absolute Gasteiger partial charge is 0.142 e. The molecule has 0 aromatic heterocycles. The molecule has 0 aliphatic rings. The maximum Gasteiger partial charge on any atom is 0.142 e. The normalized spacial score (nSPS) is 14.1. The average molecular weight is 274 g/mol. The van der Waals surface area contributed by atoms with Crippen molar-refractivity contribution in [1.82, 2.24) is 5.32 Å². The van der Waals surface area contributed by atoms with Gasteiger partial charge in [-0.1, -0.05) is 23.2 Å². The van der Waals surface area contributed by atoms with E-state index in [4.69, 9.17) is 29.6 Å². The molecule has 1 nitrogen and oxygen atoms in total. The van der Waals surface area contributed by atoms with Gasteiger partial charge < -0.3 is 5.32 Å². The Morgan fingerprint density at radius 3 is 2.59 bits per heavy atom. The van der Waals surface area contributed by atoms with Gasteiger partial charge in [-0.2, -0.15) is 0 Å². The van der Waals surface area contributed by atoms with E-state index in [1.54, 1.807) is 0 Å². The van der Waals surface area contributed by atoms with Gasteiger partial charge in [0.25, 0.3) is 0 Å². The summed E-state index contributed by atoms with van der Waals surface area (Å²) in [6, 6.07) is 2.82. The molecule has 17 heavy (non-hydrogen) atoms. The molecule has 0 radical (unpaired) electrons. The van der Waals surface area contributed by atoms with Gasteiger partial charge in [0, 0.05) is 23.5 Å². The Morgan fingerprint density at radius 2 is 2.00 bits per heavy atom. The van der Waals surface area contributed by atoms with Crippen LogP contribution in [0.5, 0.6) is 0 Å². The zero-order chi connectivity index (χ0) is 13.0. The summed E-state index contributed by atoms with van der Waals surface area (Å²) in [7, 11) is 0. The molecule has 0 saturated carbocycles. The van der Waals surface area contributed by atoms with Crippen molar-refractivity contribution in [1.29, 1.82) is 0 Å². The lowest BCUT2D eigenvalue weighted by Gasteiger charge is -2.20. The summed E-state index contributed by atoms with van der Waals surface area (Å²) in [6.07, 6.45) is 5.83. The number of hydrogen-bond donors (Lipinski definition) is 1. The van der Waals surface area contributed by atoms with Crippen molar-refractivity contribution in [3.8, 4) is 12.3 Å². The summed E-state index contributed by atoms with van der Waals surface area (Å²) in [5.41, 5.74) is 0.678. The van der Waals surface area contributed by atoms with Crippen LogP contribution in [0.3, 0.4) is 0 Å². The highest BCUT2D eigenvalue weighted by molar-refractivity contribution is 6.35. The SMILES string of the molecule is C#CCC(C)NC(C)c1cc(F)c(Cl)cc1Cl. The summed E-state index contributed by atoms with van der Waals surface area (Å²) in [5.74, 6) is 2.10. The molecule has 0 bridgehead atoms. The standard InChI is InChI=1S/C13H14Cl2FN/c1-4-5-8(2)17-9(3)10-6-13(16)12(15)7-11(10)14/h1,6-9,17H,5H2,2-3H3. The fraction of sp³-hybridized carbons (Fsp3) is 0.385. The van der Waals surface area contributed by atoms with Gasteiger partial charge in [0.2, 0.25) is 0 Å². The number of nitrogens with one attached hydrogen (secondary N) is 1. The Hall–Kier alpha value is -0.750. The van der Waals surface area contributed by atoms with Crippen molar-refractivity contribution in [2.24, 2.45) is 0 Å². The van der Waals surface area contributed by atoms with Crippen molar-refractivity contribution >= 4 is 23.2 Å². The van der Waals surface area contributed by atoms with E-state index in [9.17, 15) is 4.39 Å². The van der Waals surface area contributed by atoms with Crippen molar-refractivity contribution < 1.29 is 4.39 Å². The molecule has 1 rings (SSSR count). The van der Waals surface area contributed by atoms with Gasteiger partial charge in [0.1, 0.15) is 5.82 Å². The summed E-state index contributed by atoms with van der Waals surface area (Å²) < 4.78 is 13.4. The molecule has 2 atom stereocenters. The Balaban J connectivity index is 2.86. The van der Waals surface area contributed by atoms with E-state index in [1.807, 2.05) is 13.8 Å². The Bertz CT molecular complexity index is 440. The Kier molecular flexibility index (Phi) is 5.27. The van der Waals surface area contributed by atoms with Crippen molar-refractivity contribution in [2.75, 3.05) is 0 Å². The predicted octanol–water partition coefficient (Wildman–Crippen LogP) is 4.19. The minimum Gasteiger partial charge on any atom is -0.307 e. The summed E-state index contributed by atoms with van der Waals surface area (Å²) in [6.45, 7) is 3.87. The van der Waals surface area contributed by atoms with E-state index in [-0.39, 0.29) is 17.1 Å². The first-order valence-corrected chi connectivity index (χ1v) is 6.05. The highest BCUT2D eigenvalue weighted by atomic mass is 35.5. The van der Waals surface area contributed by atoms with Crippen molar-refractivity contribution in [3.05, 3.63) is 33.6 Å². The van der Waals surface area contributed by atoms with Crippen LogP contribution in [0.25, 0.3) is 0 Å². The van der Waals surface area contributed by atoms with Crippen LogP contribution in [0.15, 0.2) is 12.1 Å². The van der Waals surface area contributed by atoms with E-state index in [1.165, 1.54) is 12.1 Å². The van der Waals surface area contributed by atoms with Gasteiger partial charge in [-0.15, -0.1) is 12.3 Å². The zero-order valence-electron chi connectivity index (χ0n) is 9.73. The molecule has 1 aromatic carbocycles. The molecule has 4 heteroatoms. The molecule has 0 heterocycles. The zero-order valence-corrected chi connectivity index (χ0v) is 11.2. The van der Waals surface area contributed by atoms with E-state index in [0.29, 0.717) is 17.0 Å². The van der Waals surface area contributed by atoms with E-state index >= 15 is 0 Å². The molecular weight excluding hydrogens is 260 g/mol. The van der Waals surface area contributed by atoms with E-state index < -0.39 is 5.82 Å². The monoisotopic (exact) mass is 273 g/mol. The van der Waals surface area contributed by atoms with Crippen LogP contribution in [0.1, 0.15) is 31.9 Å². The second-order valence-electron chi connectivity index (χ2n) is 3.99. The lowest BCUT2D eigenvalue weighted by Crippen LogP contribution is -2.28. The van der Waals surface area contributed by atoms with Crippen LogP contribution >= 0.6 is 23.2 Å². The summed E-state index contributed by atoms with van der Waals surface area (Å²) in [5, 5.41) is 3.73. The van der Waals surface area contributed by atoms with Crippen LogP contribution in [0.4, 0.5) is 4.39 Å². The second-order valence-corrected chi connectivity index (χ2v) is 4.80. The third-order valence-electron chi connectivity index (χ3n) is 2.46. The van der Waals surface area contributed by atoms with Gasteiger partial charge >= 0.3 is 0 Å². The van der Waals surface area contributed by atoms with E-state index in [0.717, 1.165) is 0 Å². The third kappa shape index (κ3) is 3.89. The largest absolute Gasteiger partial charge is 0.307 e. The first kappa shape index (κ1) is 14.3. The minimum atomic E-state index is -0.468. The van der Waals surface area contributed by atoms with Gasteiger partial charge in [-0.25, -0.2) is 4.39 Å². The van der Waals surface area contributed by atoms with Crippen molar-refractivity contribution in [2.45, 2.75) is 32.4 Å². The van der Waals surface area contributed by atoms with Crippen LogP contribution < -0.4 is 5.32 Å². The highest BCUT2D eigenvalue weighted by Crippen LogP contribution is 2.28. The minimum absolute atomic E-state index is 0.0302. The Labute approximate surface area is 111 Å². The van der Waals surface area contributed by atoms with Crippen LogP contribution in [0.2, 0.25) is 10.0 Å². The molecule has 92 valence electrons. The fourth-order valence-corrected chi connectivity index (χ4v) is 2.17. The molecule has 0 fully saturated rings. The number of rotatable bonds is 4. The first-order chi connectivity index (χ1) is 7.95. The third-order valence-corrected chi connectivity index (χ3v) is 3.08. The topological polar surface area (TPSA) is 12.0 Å². The molecule has 0 aliphatic heterocycles. The van der Waals surface area contributed by atoms with Gasteiger partial charge in [-0.3, -0.25) is 0 Å². The maximum absolute atomic E-state index is 13.4. The quantitative estimate of drug-likeness (QED) is 0.641. The van der Waals surface area contributed by atoms with Crippen molar-refractivity contribution in [3.63, 3.8) is 0 Å². The Morgan fingerprint density at radius 1 is 1.35 bits per heavy atom. The molecule has 0 spiro atoms. The molecular formula is C13H14Cl2FN. The van der Waals surface area contributed by atoms with Crippen LogP contribution in [-0.4, -0.2) is 6.04 Å². The molecule has 0 aliphatic carbocycles. The number of benzene rings is 1. The second kappa shape index (κ2) is 6.26. The van der Waals surface area contributed by atoms with Crippen LogP contribution in [0, 0.1) is 18.2 Å². The fourth-order valence-electron chi connectivity index (χ4n) is 1.62. The highest BCUT2D eigenvalue weighted by Gasteiger charge is 2.14. The van der Waals surface area contributed by atoms with Gasteiger partial charge in [-0.05, 0) is 31.5 Å². The lowest BCUT2D eigenvalue weighted by atomic mass is 10.1. The van der Waals surface area contributed by atoms with Gasteiger partial charge in [0.15, 0.2) is 0 Å². The average Bonchev–Trinajstić information content (AvgIpc) is 2.23. The predicted molar refractivity (Wildman–Crippen MR) is 70.9 cm³/mol.